The molecule has 2 N–H and O–H groups in total. The molecule has 2 aromatic carbocycles. The minimum Gasteiger partial charge on any atom is -0.490 e. The summed E-state index contributed by atoms with van der Waals surface area (Å²) in [5.74, 6) is -0.806. The second-order valence-corrected chi connectivity index (χ2v) is 8.50. The molecule has 0 aliphatic carbocycles. The van der Waals surface area contributed by atoms with Crippen molar-refractivity contribution in [3.8, 4) is 11.5 Å². The van der Waals surface area contributed by atoms with E-state index in [1.54, 1.807) is 49.4 Å². The summed E-state index contributed by atoms with van der Waals surface area (Å²) in [6.45, 7) is 1.50. The Kier molecular flexibility index (Phi) is 7.70. The van der Waals surface area contributed by atoms with E-state index in [-0.39, 0.29) is 23.8 Å². The lowest BCUT2D eigenvalue weighted by atomic mass is 10.1. The molecule has 1 saturated heterocycles. The molecule has 0 spiro atoms. The molecule has 0 saturated carbocycles. The van der Waals surface area contributed by atoms with Gasteiger partial charge in [-0.2, -0.15) is 0 Å². The number of carbonyl (C=O) groups excluding carboxylic acids is 4. The molecular formula is C22H19BrN2O6S. The number of amides is 3. The number of hydrogen-bond donors (Lipinski definition) is 1. The largest absolute Gasteiger partial charge is 0.490 e. The van der Waals surface area contributed by atoms with Crippen LogP contribution in [0, 0.1) is 0 Å². The number of Topliss-reactive ketones (excluding diaryl/α,β-unsaturated/α-hetero) is 1. The van der Waals surface area contributed by atoms with E-state index in [1.165, 1.54) is 6.08 Å². The van der Waals surface area contributed by atoms with Gasteiger partial charge in [0.25, 0.3) is 17.1 Å². The van der Waals surface area contributed by atoms with Gasteiger partial charge in [0.2, 0.25) is 0 Å². The van der Waals surface area contributed by atoms with Crippen LogP contribution in [0.25, 0.3) is 6.08 Å². The van der Waals surface area contributed by atoms with Gasteiger partial charge >= 0.3 is 0 Å². The van der Waals surface area contributed by atoms with Crippen LogP contribution in [0.15, 0.2) is 51.8 Å². The van der Waals surface area contributed by atoms with Gasteiger partial charge in [-0.1, -0.05) is 34.1 Å². The molecule has 1 aliphatic heterocycles. The SMILES string of the molecule is CCOc1cc(/C=C2\SC(=O)N(CC(=O)c3ccc(Br)cc3)C2=O)ccc1OCC(N)=O. The molecule has 0 aromatic heterocycles. The fourth-order valence-electron chi connectivity index (χ4n) is 2.81. The van der Waals surface area contributed by atoms with E-state index in [1.807, 2.05) is 0 Å². The van der Waals surface area contributed by atoms with Crippen molar-refractivity contribution in [2.45, 2.75) is 6.92 Å². The second kappa shape index (κ2) is 10.5. The van der Waals surface area contributed by atoms with Crippen molar-refractivity contribution in [2.75, 3.05) is 19.8 Å². The highest BCUT2D eigenvalue weighted by atomic mass is 79.9. The first-order valence-electron chi connectivity index (χ1n) is 9.50. The molecule has 3 amide bonds. The molecule has 0 bridgehead atoms. The number of nitrogens with two attached hydrogens (primary N) is 1. The van der Waals surface area contributed by atoms with Crippen LogP contribution in [0.4, 0.5) is 4.79 Å². The zero-order valence-electron chi connectivity index (χ0n) is 17.0. The monoisotopic (exact) mass is 518 g/mol. The van der Waals surface area contributed by atoms with Crippen molar-refractivity contribution < 1.29 is 28.7 Å². The molecule has 32 heavy (non-hydrogen) atoms. The van der Waals surface area contributed by atoms with E-state index < -0.39 is 17.1 Å². The topological polar surface area (TPSA) is 116 Å². The number of ketones is 1. The number of imide groups is 1. The number of halogens is 1. The van der Waals surface area contributed by atoms with Gasteiger partial charge in [-0.3, -0.25) is 24.1 Å². The number of nitrogens with zero attached hydrogens (tertiary/aromatic N) is 1. The number of thioether (sulfide) groups is 1. The van der Waals surface area contributed by atoms with Crippen molar-refractivity contribution in [3.63, 3.8) is 0 Å². The molecule has 1 aliphatic rings. The standard InChI is InChI=1S/C22H19BrN2O6S/c1-2-30-18-9-13(3-8-17(18)31-12-20(24)27)10-19-21(28)25(22(29)32-19)11-16(26)14-4-6-15(23)7-5-14/h3-10H,2,11-12H2,1H3,(H2,24,27)/b19-10-. The van der Waals surface area contributed by atoms with E-state index in [0.717, 1.165) is 21.1 Å². The zero-order valence-corrected chi connectivity index (χ0v) is 19.4. The molecule has 0 atom stereocenters. The van der Waals surface area contributed by atoms with E-state index in [0.29, 0.717) is 29.2 Å². The first-order valence-corrected chi connectivity index (χ1v) is 11.1. The molecular weight excluding hydrogens is 500 g/mol. The Labute approximate surface area is 196 Å². The van der Waals surface area contributed by atoms with Crippen LogP contribution < -0.4 is 15.2 Å². The molecule has 0 unspecified atom stereocenters. The van der Waals surface area contributed by atoms with E-state index in [2.05, 4.69) is 15.9 Å². The average Bonchev–Trinajstić information content (AvgIpc) is 3.01. The lowest BCUT2D eigenvalue weighted by Crippen LogP contribution is -2.33. The molecule has 2 aromatic rings. The maximum absolute atomic E-state index is 12.7. The molecule has 1 heterocycles. The minimum absolute atomic E-state index is 0.187. The lowest BCUT2D eigenvalue weighted by molar-refractivity contribution is -0.122. The van der Waals surface area contributed by atoms with Crippen LogP contribution >= 0.6 is 27.7 Å². The number of primary amides is 1. The normalized spacial score (nSPS) is 14.7. The van der Waals surface area contributed by atoms with Gasteiger partial charge < -0.3 is 15.2 Å². The molecule has 166 valence electrons. The lowest BCUT2D eigenvalue weighted by Gasteiger charge is -2.12. The van der Waals surface area contributed by atoms with Gasteiger partial charge in [-0.05, 0) is 54.6 Å². The number of ether oxygens (including phenoxy) is 2. The van der Waals surface area contributed by atoms with Gasteiger partial charge in [0.1, 0.15) is 0 Å². The molecule has 8 nitrogen and oxygen atoms in total. The Balaban J connectivity index is 1.77. The Bertz CT molecular complexity index is 1100. The van der Waals surface area contributed by atoms with Crippen LogP contribution in [-0.2, 0) is 9.59 Å². The predicted molar refractivity (Wildman–Crippen MR) is 123 cm³/mol. The molecule has 10 heteroatoms. The maximum Gasteiger partial charge on any atom is 0.293 e. The summed E-state index contributed by atoms with van der Waals surface area (Å²) < 4.78 is 11.7. The van der Waals surface area contributed by atoms with Gasteiger partial charge in [0, 0.05) is 10.0 Å². The van der Waals surface area contributed by atoms with Crippen molar-refractivity contribution in [3.05, 3.63) is 63.0 Å². The van der Waals surface area contributed by atoms with Crippen LogP contribution in [0.3, 0.4) is 0 Å². The summed E-state index contributed by atoms with van der Waals surface area (Å²) in [5.41, 5.74) is 6.10. The Hall–Kier alpha value is -3.11. The first-order chi connectivity index (χ1) is 15.3. The summed E-state index contributed by atoms with van der Waals surface area (Å²) in [6, 6.07) is 11.5. The average molecular weight is 519 g/mol. The van der Waals surface area contributed by atoms with Crippen molar-refractivity contribution in [1.82, 2.24) is 4.90 Å². The smallest absolute Gasteiger partial charge is 0.293 e. The summed E-state index contributed by atoms with van der Waals surface area (Å²) in [4.78, 5) is 49.7. The van der Waals surface area contributed by atoms with Crippen LogP contribution in [0.5, 0.6) is 11.5 Å². The number of hydrogen-bond acceptors (Lipinski definition) is 7. The third kappa shape index (κ3) is 5.77. The van der Waals surface area contributed by atoms with E-state index in [4.69, 9.17) is 15.2 Å². The van der Waals surface area contributed by atoms with Gasteiger partial charge in [0.15, 0.2) is 23.9 Å². The summed E-state index contributed by atoms with van der Waals surface area (Å²) in [6.07, 6.45) is 1.54. The predicted octanol–water partition coefficient (Wildman–Crippen LogP) is 3.63. The Morgan fingerprint density at radius 2 is 1.81 bits per heavy atom. The van der Waals surface area contributed by atoms with Crippen molar-refractivity contribution in [2.24, 2.45) is 5.73 Å². The third-order valence-corrected chi connectivity index (χ3v) is 5.71. The third-order valence-electron chi connectivity index (χ3n) is 4.28. The van der Waals surface area contributed by atoms with Crippen molar-refractivity contribution in [1.29, 1.82) is 0 Å². The highest BCUT2D eigenvalue weighted by Gasteiger charge is 2.36. The fraction of sp³-hybridized carbons (Fsp3) is 0.182. The molecule has 1 fully saturated rings. The zero-order chi connectivity index (χ0) is 23.3. The Morgan fingerprint density at radius 1 is 1.09 bits per heavy atom. The van der Waals surface area contributed by atoms with E-state index in [9.17, 15) is 19.2 Å². The van der Waals surface area contributed by atoms with Crippen LogP contribution in [0.1, 0.15) is 22.8 Å². The molecule has 3 rings (SSSR count). The Morgan fingerprint density at radius 3 is 2.47 bits per heavy atom. The van der Waals surface area contributed by atoms with Gasteiger partial charge in [-0.25, -0.2) is 0 Å². The van der Waals surface area contributed by atoms with Crippen molar-refractivity contribution >= 4 is 56.6 Å². The summed E-state index contributed by atoms with van der Waals surface area (Å²) in [7, 11) is 0. The van der Waals surface area contributed by atoms with Crippen LogP contribution in [0.2, 0.25) is 0 Å². The summed E-state index contributed by atoms with van der Waals surface area (Å²) >= 11 is 4.06. The fourth-order valence-corrected chi connectivity index (χ4v) is 3.91. The van der Waals surface area contributed by atoms with Gasteiger partial charge in [-0.15, -0.1) is 0 Å². The first kappa shape index (κ1) is 23.6. The second-order valence-electron chi connectivity index (χ2n) is 6.59. The number of carbonyl (C=O) groups is 4. The molecule has 0 radical (unpaired) electrons. The summed E-state index contributed by atoms with van der Waals surface area (Å²) in [5, 5.41) is -0.516. The number of benzene rings is 2. The number of rotatable bonds is 9. The van der Waals surface area contributed by atoms with E-state index >= 15 is 0 Å². The maximum atomic E-state index is 12.7. The highest BCUT2D eigenvalue weighted by Crippen LogP contribution is 2.34. The highest BCUT2D eigenvalue weighted by molar-refractivity contribution is 9.10. The van der Waals surface area contributed by atoms with Crippen LogP contribution in [-0.4, -0.2) is 47.5 Å². The minimum atomic E-state index is -0.622. The quantitative estimate of drug-likeness (QED) is 0.397. The van der Waals surface area contributed by atoms with Gasteiger partial charge in [0.05, 0.1) is 18.1 Å².